The smallest absolute Gasteiger partial charge is 0.251 e. The lowest BCUT2D eigenvalue weighted by atomic mass is 9.71. The van der Waals surface area contributed by atoms with Gasteiger partial charge in [0.2, 0.25) is 0 Å². The Labute approximate surface area is 132 Å². The number of rotatable bonds is 2. The van der Waals surface area contributed by atoms with Gasteiger partial charge in [-0.25, -0.2) is 0 Å². The van der Waals surface area contributed by atoms with Gasteiger partial charge in [-0.15, -0.1) is 11.6 Å². The Morgan fingerprint density at radius 1 is 1.19 bits per heavy atom. The van der Waals surface area contributed by atoms with Gasteiger partial charge >= 0.3 is 0 Å². The SMILES string of the molecule is CC1(C(Cl)c2ccc3c(c2)C(=O)NCCC3)CCCCC1. The number of benzene rings is 1. The van der Waals surface area contributed by atoms with Gasteiger partial charge in [0.15, 0.2) is 0 Å². The van der Waals surface area contributed by atoms with E-state index in [1.807, 2.05) is 6.07 Å². The Morgan fingerprint density at radius 3 is 2.71 bits per heavy atom. The summed E-state index contributed by atoms with van der Waals surface area (Å²) >= 11 is 6.83. The van der Waals surface area contributed by atoms with Crippen LogP contribution >= 0.6 is 11.6 Å². The van der Waals surface area contributed by atoms with Crippen molar-refractivity contribution in [2.75, 3.05) is 6.54 Å². The van der Waals surface area contributed by atoms with Crippen LogP contribution in [0.4, 0.5) is 0 Å². The van der Waals surface area contributed by atoms with Crippen molar-refractivity contribution < 1.29 is 4.79 Å². The van der Waals surface area contributed by atoms with Crippen LogP contribution in [0.2, 0.25) is 0 Å². The van der Waals surface area contributed by atoms with Crippen molar-refractivity contribution in [3.05, 3.63) is 34.9 Å². The molecule has 2 nitrogen and oxygen atoms in total. The molecule has 3 rings (SSSR count). The van der Waals surface area contributed by atoms with Crippen LogP contribution in [0.5, 0.6) is 0 Å². The molecule has 0 aromatic heterocycles. The fourth-order valence-corrected chi connectivity index (χ4v) is 4.13. The van der Waals surface area contributed by atoms with E-state index in [0.29, 0.717) is 0 Å². The van der Waals surface area contributed by atoms with Crippen molar-refractivity contribution in [1.82, 2.24) is 5.32 Å². The average molecular weight is 306 g/mol. The van der Waals surface area contributed by atoms with Gasteiger partial charge in [0, 0.05) is 12.1 Å². The van der Waals surface area contributed by atoms with Gasteiger partial charge in [-0.3, -0.25) is 4.79 Å². The Bertz CT molecular complexity index is 534. The van der Waals surface area contributed by atoms with E-state index >= 15 is 0 Å². The van der Waals surface area contributed by atoms with Crippen molar-refractivity contribution >= 4 is 17.5 Å². The number of aryl methyl sites for hydroxylation is 1. The topological polar surface area (TPSA) is 29.1 Å². The molecule has 3 heteroatoms. The van der Waals surface area contributed by atoms with E-state index in [4.69, 9.17) is 11.6 Å². The maximum absolute atomic E-state index is 12.2. The van der Waals surface area contributed by atoms with Gasteiger partial charge in [0.05, 0.1) is 5.38 Å². The first kappa shape index (κ1) is 14.9. The summed E-state index contributed by atoms with van der Waals surface area (Å²) in [5.74, 6) is 0.0574. The molecule has 0 radical (unpaired) electrons. The molecule has 0 spiro atoms. The van der Waals surface area contributed by atoms with E-state index in [9.17, 15) is 4.79 Å². The maximum atomic E-state index is 12.2. The van der Waals surface area contributed by atoms with Gasteiger partial charge < -0.3 is 5.32 Å². The third-order valence-corrected chi connectivity index (χ3v) is 5.97. The maximum Gasteiger partial charge on any atom is 0.251 e. The molecule has 1 aliphatic heterocycles. The van der Waals surface area contributed by atoms with Crippen LogP contribution in [0.25, 0.3) is 0 Å². The number of hydrogen-bond donors (Lipinski definition) is 1. The molecule has 1 amide bonds. The molecular formula is C18H24ClNO. The molecule has 1 saturated carbocycles. The second-order valence-electron chi connectivity index (χ2n) is 6.85. The molecule has 1 fully saturated rings. The van der Waals surface area contributed by atoms with Gasteiger partial charge in [0.25, 0.3) is 5.91 Å². The van der Waals surface area contributed by atoms with Crippen molar-refractivity contribution in [1.29, 1.82) is 0 Å². The lowest BCUT2D eigenvalue weighted by molar-refractivity contribution is 0.0955. The molecule has 1 atom stereocenters. The molecule has 2 aliphatic rings. The molecule has 1 aromatic rings. The summed E-state index contributed by atoms with van der Waals surface area (Å²) in [7, 11) is 0. The van der Waals surface area contributed by atoms with E-state index in [2.05, 4.69) is 24.4 Å². The summed E-state index contributed by atoms with van der Waals surface area (Å²) in [6.45, 7) is 3.07. The van der Waals surface area contributed by atoms with Gasteiger partial charge in [-0.05, 0) is 48.3 Å². The highest BCUT2D eigenvalue weighted by atomic mass is 35.5. The molecule has 1 heterocycles. The fourth-order valence-electron chi connectivity index (χ4n) is 3.77. The number of fused-ring (bicyclic) bond motifs is 1. The minimum Gasteiger partial charge on any atom is -0.352 e. The van der Waals surface area contributed by atoms with Gasteiger partial charge in [-0.1, -0.05) is 38.3 Å². The molecule has 0 saturated heterocycles. The summed E-state index contributed by atoms with van der Waals surface area (Å²) in [5, 5.41) is 2.97. The van der Waals surface area contributed by atoms with Crippen LogP contribution in [-0.4, -0.2) is 12.5 Å². The average Bonchev–Trinajstić information content (AvgIpc) is 2.69. The summed E-state index contributed by atoms with van der Waals surface area (Å²) in [6, 6.07) is 6.28. The lowest BCUT2D eigenvalue weighted by Gasteiger charge is -2.38. The molecule has 114 valence electrons. The minimum absolute atomic E-state index is 0.000784. The number of carbonyl (C=O) groups excluding carboxylic acids is 1. The first-order valence-corrected chi connectivity index (χ1v) is 8.59. The summed E-state index contributed by atoms with van der Waals surface area (Å²) < 4.78 is 0. The summed E-state index contributed by atoms with van der Waals surface area (Å²) in [4.78, 5) is 12.2. The van der Waals surface area contributed by atoms with Crippen LogP contribution in [-0.2, 0) is 6.42 Å². The van der Waals surface area contributed by atoms with Crippen LogP contribution in [0.3, 0.4) is 0 Å². The van der Waals surface area contributed by atoms with E-state index < -0.39 is 0 Å². The number of nitrogens with one attached hydrogen (secondary N) is 1. The molecule has 1 aromatic carbocycles. The number of alkyl halides is 1. The number of halogens is 1. The predicted octanol–water partition coefficient (Wildman–Crippen LogP) is 4.61. The fraction of sp³-hybridized carbons (Fsp3) is 0.611. The van der Waals surface area contributed by atoms with E-state index in [0.717, 1.165) is 36.1 Å². The monoisotopic (exact) mass is 305 g/mol. The summed E-state index contributed by atoms with van der Waals surface area (Å²) in [6.07, 6.45) is 8.22. The highest BCUT2D eigenvalue weighted by Gasteiger charge is 2.35. The first-order valence-electron chi connectivity index (χ1n) is 8.15. The Balaban J connectivity index is 1.90. The van der Waals surface area contributed by atoms with E-state index in [1.165, 1.54) is 32.1 Å². The van der Waals surface area contributed by atoms with Crippen LogP contribution in [0.15, 0.2) is 18.2 Å². The normalized spacial score (nSPS) is 22.9. The number of amides is 1. The molecule has 1 aliphatic carbocycles. The third-order valence-electron chi connectivity index (χ3n) is 5.19. The van der Waals surface area contributed by atoms with E-state index in [-0.39, 0.29) is 16.7 Å². The van der Waals surface area contributed by atoms with Crippen LogP contribution in [0, 0.1) is 5.41 Å². The highest BCUT2D eigenvalue weighted by Crippen LogP contribution is 2.49. The molecule has 1 unspecified atom stereocenters. The third kappa shape index (κ3) is 2.96. The van der Waals surface area contributed by atoms with E-state index in [1.54, 1.807) is 0 Å². The number of hydrogen-bond acceptors (Lipinski definition) is 1. The van der Waals surface area contributed by atoms with Crippen molar-refractivity contribution in [2.24, 2.45) is 5.41 Å². The highest BCUT2D eigenvalue weighted by molar-refractivity contribution is 6.21. The standard InChI is InChI=1S/C18H24ClNO/c1-18(9-3-2-4-10-18)16(19)14-8-7-13-6-5-11-20-17(21)15(13)12-14/h7-8,12,16H,2-6,9-11H2,1H3,(H,20,21). The zero-order valence-corrected chi connectivity index (χ0v) is 13.5. The van der Waals surface area contributed by atoms with Gasteiger partial charge in [0.1, 0.15) is 0 Å². The quantitative estimate of drug-likeness (QED) is 0.794. The largest absolute Gasteiger partial charge is 0.352 e. The predicted molar refractivity (Wildman–Crippen MR) is 86.9 cm³/mol. The van der Waals surface area contributed by atoms with Crippen LogP contribution in [0.1, 0.15) is 72.3 Å². The first-order chi connectivity index (χ1) is 10.1. The zero-order valence-electron chi connectivity index (χ0n) is 12.8. The lowest BCUT2D eigenvalue weighted by Crippen LogP contribution is -2.26. The zero-order chi connectivity index (χ0) is 14.9. The molecule has 21 heavy (non-hydrogen) atoms. The second kappa shape index (κ2) is 6.00. The van der Waals surface area contributed by atoms with Crippen molar-refractivity contribution in [2.45, 2.75) is 57.2 Å². The van der Waals surface area contributed by atoms with Crippen LogP contribution < -0.4 is 5.32 Å². The Kier molecular flexibility index (Phi) is 4.26. The molecular weight excluding hydrogens is 282 g/mol. The summed E-state index contributed by atoms with van der Waals surface area (Å²) in [5.41, 5.74) is 3.26. The minimum atomic E-state index is -0.000784. The number of carbonyl (C=O) groups is 1. The van der Waals surface area contributed by atoms with Crippen molar-refractivity contribution in [3.8, 4) is 0 Å². The Hall–Kier alpha value is -1.02. The molecule has 0 bridgehead atoms. The second-order valence-corrected chi connectivity index (χ2v) is 7.29. The molecule has 1 N–H and O–H groups in total. The Morgan fingerprint density at radius 2 is 1.95 bits per heavy atom. The van der Waals surface area contributed by atoms with Crippen molar-refractivity contribution in [3.63, 3.8) is 0 Å². The van der Waals surface area contributed by atoms with Gasteiger partial charge in [-0.2, -0.15) is 0 Å².